The van der Waals surface area contributed by atoms with Gasteiger partial charge in [-0.2, -0.15) is 9.97 Å². The lowest BCUT2D eigenvalue weighted by molar-refractivity contribution is 1.03. The highest BCUT2D eigenvalue weighted by Crippen LogP contribution is 2.46. The van der Waals surface area contributed by atoms with Gasteiger partial charge in [-0.05, 0) is 77.9 Å². The minimum atomic E-state index is 0.559. The van der Waals surface area contributed by atoms with Gasteiger partial charge in [-0.15, -0.1) is 34.0 Å². The molecule has 4 nitrogen and oxygen atoms in total. The first-order chi connectivity index (χ1) is 28.7. The number of fused-ring (bicyclic) bond motifs is 9. The van der Waals surface area contributed by atoms with Crippen molar-refractivity contribution in [1.82, 2.24) is 15.0 Å². The third-order valence-corrected chi connectivity index (χ3v) is 14.3. The normalized spacial score (nSPS) is 11.8. The van der Waals surface area contributed by atoms with E-state index in [1.807, 2.05) is 40.1 Å². The molecule has 0 aliphatic heterocycles. The zero-order valence-corrected chi connectivity index (χ0v) is 33.3. The average molecular weight is 795 g/mol. The average Bonchev–Trinajstić information content (AvgIpc) is 3.98. The van der Waals surface area contributed by atoms with Crippen LogP contribution < -0.4 is 4.90 Å². The van der Waals surface area contributed by atoms with E-state index < -0.39 is 0 Å². The molecular formula is C51H30N4S3. The largest absolute Gasteiger partial charge is 0.278 e. The zero-order valence-electron chi connectivity index (χ0n) is 30.8. The first-order valence-electron chi connectivity index (χ1n) is 19.2. The fraction of sp³-hybridized carbons (Fsp3) is 0. The van der Waals surface area contributed by atoms with Crippen LogP contribution in [0.25, 0.3) is 94.4 Å². The lowest BCUT2D eigenvalue weighted by Crippen LogP contribution is -2.15. The molecule has 4 aromatic heterocycles. The van der Waals surface area contributed by atoms with Crippen LogP contribution >= 0.6 is 34.0 Å². The summed E-state index contributed by atoms with van der Waals surface area (Å²) in [7, 11) is 0. The summed E-state index contributed by atoms with van der Waals surface area (Å²) in [6.07, 6.45) is 0. The monoisotopic (exact) mass is 794 g/mol. The molecule has 12 rings (SSSR count). The van der Waals surface area contributed by atoms with E-state index in [2.05, 4.69) is 181 Å². The highest BCUT2D eigenvalue weighted by molar-refractivity contribution is 7.26. The molecular weight excluding hydrogens is 765 g/mol. The molecule has 0 aliphatic carbocycles. The number of benzene rings is 8. The number of hydrogen-bond acceptors (Lipinski definition) is 7. The first kappa shape index (κ1) is 33.4. The summed E-state index contributed by atoms with van der Waals surface area (Å²) in [4.78, 5) is 18.4. The van der Waals surface area contributed by atoms with Gasteiger partial charge in [0.15, 0.2) is 11.6 Å². The predicted octanol–water partition coefficient (Wildman–Crippen LogP) is 15.4. The van der Waals surface area contributed by atoms with Crippen molar-refractivity contribution < 1.29 is 0 Å². The van der Waals surface area contributed by atoms with Crippen LogP contribution in [0.5, 0.6) is 0 Å². The van der Waals surface area contributed by atoms with E-state index in [-0.39, 0.29) is 0 Å². The molecule has 272 valence electrons. The van der Waals surface area contributed by atoms with Crippen LogP contribution in [0.15, 0.2) is 182 Å². The Morgan fingerprint density at radius 2 is 0.879 bits per heavy atom. The molecule has 4 heterocycles. The summed E-state index contributed by atoms with van der Waals surface area (Å²) < 4.78 is 7.45. The van der Waals surface area contributed by atoms with E-state index in [1.165, 1.54) is 60.5 Å². The Balaban J connectivity index is 1.14. The Morgan fingerprint density at radius 1 is 0.328 bits per heavy atom. The highest BCUT2D eigenvalue weighted by atomic mass is 32.1. The second kappa shape index (κ2) is 13.4. The second-order valence-electron chi connectivity index (χ2n) is 14.4. The van der Waals surface area contributed by atoms with Gasteiger partial charge in [-0.25, -0.2) is 4.98 Å². The van der Waals surface area contributed by atoms with Gasteiger partial charge >= 0.3 is 0 Å². The van der Waals surface area contributed by atoms with Crippen LogP contribution in [0.2, 0.25) is 0 Å². The Kier molecular flexibility index (Phi) is 7.72. The molecule has 0 radical (unpaired) electrons. The summed E-state index contributed by atoms with van der Waals surface area (Å²) in [5.74, 6) is 1.80. The van der Waals surface area contributed by atoms with E-state index in [0.29, 0.717) is 17.6 Å². The van der Waals surface area contributed by atoms with Crippen molar-refractivity contribution in [2.24, 2.45) is 0 Å². The van der Waals surface area contributed by atoms with E-state index in [1.54, 1.807) is 0 Å². The molecule has 0 saturated heterocycles. The van der Waals surface area contributed by atoms with Crippen molar-refractivity contribution in [2.45, 2.75) is 0 Å². The smallest absolute Gasteiger partial charge is 0.238 e. The van der Waals surface area contributed by atoms with Crippen LogP contribution in [-0.4, -0.2) is 15.0 Å². The van der Waals surface area contributed by atoms with E-state index >= 15 is 0 Å². The zero-order chi connectivity index (χ0) is 38.2. The Bertz CT molecular complexity index is 3550. The Morgan fingerprint density at radius 3 is 1.67 bits per heavy atom. The lowest BCUT2D eigenvalue weighted by atomic mass is 10.0. The molecule has 8 aromatic carbocycles. The molecule has 0 spiro atoms. The number of aromatic nitrogens is 3. The van der Waals surface area contributed by atoms with Gasteiger partial charge in [0.1, 0.15) is 0 Å². The summed E-state index contributed by atoms with van der Waals surface area (Å²) in [6.45, 7) is 0. The van der Waals surface area contributed by atoms with Crippen LogP contribution in [0.4, 0.5) is 17.3 Å². The third-order valence-electron chi connectivity index (χ3n) is 10.9. The fourth-order valence-electron chi connectivity index (χ4n) is 8.21. The molecule has 0 aliphatic rings. The quantitative estimate of drug-likeness (QED) is 0.168. The third kappa shape index (κ3) is 5.50. The summed E-state index contributed by atoms with van der Waals surface area (Å²) >= 11 is 5.45. The van der Waals surface area contributed by atoms with Gasteiger partial charge in [0.2, 0.25) is 5.95 Å². The molecule has 0 amide bonds. The summed E-state index contributed by atoms with van der Waals surface area (Å²) in [6, 6.07) is 64.9. The number of rotatable bonds is 6. The van der Waals surface area contributed by atoms with Gasteiger partial charge in [0.05, 0.1) is 11.4 Å². The minimum Gasteiger partial charge on any atom is -0.278 e. The van der Waals surface area contributed by atoms with Crippen LogP contribution in [0, 0.1) is 0 Å². The first-order valence-corrected chi connectivity index (χ1v) is 21.6. The van der Waals surface area contributed by atoms with E-state index in [0.717, 1.165) is 33.6 Å². The molecule has 0 atom stereocenters. The number of nitrogens with zero attached hydrogens (tertiary/aromatic N) is 4. The molecule has 0 N–H and O–H groups in total. The molecule has 0 bridgehead atoms. The molecule has 7 heteroatoms. The lowest BCUT2D eigenvalue weighted by Gasteiger charge is -2.25. The topological polar surface area (TPSA) is 41.9 Å². The van der Waals surface area contributed by atoms with Gasteiger partial charge in [0.25, 0.3) is 0 Å². The van der Waals surface area contributed by atoms with Crippen molar-refractivity contribution in [3.8, 4) is 33.9 Å². The maximum Gasteiger partial charge on any atom is 0.238 e. The van der Waals surface area contributed by atoms with Crippen molar-refractivity contribution in [2.75, 3.05) is 4.90 Å². The van der Waals surface area contributed by atoms with Crippen molar-refractivity contribution >= 4 is 112 Å². The standard InChI is InChI=1S/C51H30N4S3/c1-2-12-31(13-3-1)32-14-10-15-33(28-32)49-52-50(34-24-27-45-40(29-34)37-17-5-8-21-43(37)56-45)54-51(53-49)55(35-25-26-38-36-16-4-7-20-42(36)58-47(38)30-35)41-19-11-23-46-48(41)39-18-6-9-22-44(39)57-46/h1-30H. The Hall–Kier alpha value is -6.77. The van der Waals surface area contributed by atoms with Crippen LogP contribution in [-0.2, 0) is 0 Å². The SMILES string of the molecule is c1ccc(-c2cccc(-c3nc(-c4ccc5sc6ccccc6c5c4)nc(N(c4ccc5c(c4)sc4ccccc45)c4cccc5sc6ccccc6c45)n3)c2)cc1. The van der Waals surface area contributed by atoms with Crippen molar-refractivity contribution in [3.05, 3.63) is 182 Å². The molecule has 0 saturated carbocycles. The number of anilines is 3. The van der Waals surface area contributed by atoms with Gasteiger partial charge in [0, 0.05) is 71.6 Å². The highest BCUT2D eigenvalue weighted by Gasteiger charge is 2.24. The van der Waals surface area contributed by atoms with E-state index in [4.69, 9.17) is 15.0 Å². The van der Waals surface area contributed by atoms with Crippen molar-refractivity contribution in [3.63, 3.8) is 0 Å². The summed E-state index contributed by atoms with van der Waals surface area (Å²) in [5, 5.41) is 7.35. The molecule has 12 aromatic rings. The minimum absolute atomic E-state index is 0.559. The van der Waals surface area contributed by atoms with Crippen LogP contribution in [0.1, 0.15) is 0 Å². The number of thiophene rings is 3. The summed E-state index contributed by atoms with van der Waals surface area (Å²) in [5.41, 5.74) is 6.13. The predicted molar refractivity (Wildman–Crippen MR) is 249 cm³/mol. The number of hydrogen-bond donors (Lipinski definition) is 0. The van der Waals surface area contributed by atoms with Gasteiger partial charge in [-0.1, -0.05) is 115 Å². The van der Waals surface area contributed by atoms with Gasteiger partial charge in [-0.3, -0.25) is 4.90 Å². The van der Waals surface area contributed by atoms with E-state index in [9.17, 15) is 0 Å². The van der Waals surface area contributed by atoms with Crippen molar-refractivity contribution in [1.29, 1.82) is 0 Å². The molecule has 58 heavy (non-hydrogen) atoms. The van der Waals surface area contributed by atoms with Crippen LogP contribution in [0.3, 0.4) is 0 Å². The maximum absolute atomic E-state index is 5.44. The maximum atomic E-state index is 5.44. The molecule has 0 unspecified atom stereocenters. The molecule has 0 fully saturated rings. The second-order valence-corrected chi connectivity index (χ2v) is 17.7. The fourth-order valence-corrected chi connectivity index (χ4v) is 11.6. The van der Waals surface area contributed by atoms with Gasteiger partial charge < -0.3 is 0 Å². The Labute approximate surface area is 345 Å².